The Labute approximate surface area is 114 Å². The lowest BCUT2D eigenvalue weighted by molar-refractivity contribution is -0.120. The first-order chi connectivity index (χ1) is 8.82. The monoisotopic (exact) mass is 262 g/mol. The van der Waals surface area contributed by atoms with E-state index in [1.165, 1.54) is 0 Å². The first-order valence-electron chi connectivity index (χ1n) is 6.29. The lowest BCUT2D eigenvalue weighted by atomic mass is 9.91. The van der Waals surface area contributed by atoms with E-state index >= 15 is 0 Å². The minimum Gasteiger partial charge on any atom is -0.497 e. The lowest BCUT2D eigenvalue weighted by Gasteiger charge is -2.17. The predicted molar refractivity (Wildman–Crippen MR) is 77.4 cm³/mol. The molecular weight excluding hydrogens is 240 g/mol. The summed E-state index contributed by atoms with van der Waals surface area (Å²) in [6.07, 6.45) is 0.310. The molecule has 1 amide bonds. The third-order valence-corrected chi connectivity index (χ3v) is 2.96. The molecule has 0 aliphatic carbocycles. The number of hydrazone groups is 1. The van der Waals surface area contributed by atoms with Gasteiger partial charge in [0.2, 0.25) is 5.91 Å². The molecule has 0 aliphatic rings. The van der Waals surface area contributed by atoms with Crippen LogP contribution >= 0.6 is 0 Å². The van der Waals surface area contributed by atoms with Crippen molar-refractivity contribution in [1.29, 1.82) is 0 Å². The van der Waals surface area contributed by atoms with Gasteiger partial charge in [0, 0.05) is 11.1 Å². The van der Waals surface area contributed by atoms with Crippen molar-refractivity contribution in [3.8, 4) is 5.75 Å². The number of amides is 1. The van der Waals surface area contributed by atoms with Gasteiger partial charge in [0.15, 0.2) is 0 Å². The van der Waals surface area contributed by atoms with E-state index in [0.29, 0.717) is 6.42 Å². The largest absolute Gasteiger partial charge is 0.497 e. The van der Waals surface area contributed by atoms with Gasteiger partial charge < -0.3 is 4.74 Å². The Morgan fingerprint density at radius 3 is 2.32 bits per heavy atom. The zero-order valence-corrected chi connectivity index (χ0v) is 12.3. The number of nitrogens with zero attached hydrogens (tertiary/aromatic N) is 1. The fourth-order valence-electron chi connectivity index (χ4n) is 1.28. The quantitative estimate of drug-likeness (QED) is 0.670. The van der Waals surface area contributed by atoms with Crippen LogP contribution in [0.15, 0.2) is 29.4 Å². The van der Waals surface area contributed by atoms with Crippen LogP contribution < -0.4 is 10.2 Å². The Balaban J connectivity index is 2.56. The third-order valence-electron chi connectivity index (χ3n) is 2.96. The van der Waals surface area contributed by atoms with Crippen LogP contribution in [0.25, 0.3) is 0 Å². The summed E-state index contributed by atoms with van der Waals surface area (Å²) in [4.78, 5) is 11.7. The van der Waals surface area contributed by atoms with E-state index in [0.717, 1.165) is 17.0 Å². The smallest absolute Gasteiger partial charge is 0.244 e. The zero-order valence-electron chi connectivity index (χ0n) is 12.3. The van der Waals surface area contributed by atoms with Gasteiger partial charge in [0.05, 0.1) is 13.5 Å². The SMILES string of the molecule is COc1ccc(CC(=O)N/N=C(\C)C(C)(C)C)cc1. The number of ether oxygens (including phenoxy) is 1. The Bertz CT molecular complexity index is 456. The minimum absolute atomic E-state index is 0.0343. The van der Waals surface area contributed by atoms with Crippen LogP contribution in [0.2, 0.25) is 0 Å². The molecule has 0 aromatic heterocycles. The van der Waals surface area contributed by atoms with Crippen LogP contribution in [0.5, 0.6) is 5.75 Å². The van der Waals surface area contributed by atoms with Crippen molar-refractivity contribution in [2.45, 2.75) is 34.1 Å². The molecule has 0 spiro atoms. The fourth-order valence-corrected chi connectivity index (χ4v) is 1.28. The number of rotatable bonds is 4. The van der Waals surface area contributed by atoms with Crippen LogP contribution in [0.1, 0.15) is 33.3 Å². The second kappa shape index (κ2) is 6.36. The van der Waals surface area contributed by atoms with E-state index in [-0.39, 0.29) is 11.3 Å². The highest BCUT2D eigenvalue weighted by Gasteiger charge is 2.14. The van der Waals surface area contributed by atoms with Gasteiger partial charge in [-0.15, -0.1) is 0 Å². The topological polar surface area (TPSA) is 50.7 Å². The Morgan fingerprint density at radius 1 is 1.26 bits per heavy atom. The van der Waals surface area contributed by atoms with Crippen molar-refractivity contribution in [2.24, 2.45) is 10.5 Å². The van der Waals surface area contributed by atoms with Crippen LogP contribution in [0.3, 0.4) is 0 Å². The molecule has 0 fully saturated rings. The number of nitrogens with one attached hydrogen (secondary N) is 1. The lowest BCUT2D eigenvalue weighted by Crippen LogP contribution is -2.25. The molecule has 104 valence electrons. The van der Waals surface area contributed by atoms with Gasteiger partial charge in [0.25, 0.3) is 0 Å². The van der Waals surface area contributed by atoms with Crippen molar-refractivity contribution in [3.05, 3.63) is 29.8 Å². The summed E-state index contributed by atoms with van der Waals surface area (Å²) < 4.78 is 5.07. The molecule has 1 N–H and O–H groups in total. The van der Waals surface area contributed by atoms with E-state index in [4.69, 9.17) is 4.74 Å². The molecule has 0 heterocycles. The van der Waals surface area contributed by atoms with Crippen LogP contribution in [0.4, 0.5) is 0 Å². The highest BCUT2D eigenvalue weighted by Crippen LogP contribution is 2.15. The number of hydrogen-bond acceptors (Lipinski definition) is 3. The normalized spacial score (nSPS) is 12.2. The van der Waals surface area contributed by atoms with Crippen molar-refractivity contribution in [1.82, 2.24) is 5.43 Å². The maximum Gasteiger partial charge on any atom is 0.244 e. The van der Waals surface area contributed by atoms with Gasteiger partial charge in [-0.3, -0.25) is 4.79 Å². The summed E-state index contributed by atoms with van der Waals surface area (Å²) in [6, 6.07) is 7.43. The van der Waals surface area contributed by atoms with E-state index in [1.807, 2.05) is 31.2 Å². The highest BCUT2D eigenvalue weighted by atomic mass is 16.5. The first kappa shape index (κ1) is 15.2. The average molecular weight is 262 g/mol. The van der Waals surface area contributed by atoms with Crippen molar-refractivity contribution in [2.75, 3.05) is 7.11 Å². The molecule has 0 radical (unpaired) electrons. The number of methoxy groups -OCH3 is 1. The molecule has 1 rings (SSSR count). The van der Waals surface area contributed by atoms with Crippen LogP contribution in [-0.2, 0) is 11.2 Å². The number of carbonyl (C=O) groups excluding carboxylic acids is 1. The summed E-state index contributed by atoms with van der Waals surface area (Å²) in [5.41, 5.74) is 4.38. The molecule has 0 saturated heterocycles. The molecule has 19 heavy (non-hydrogen) atoms. The molecular formula is C15H22N2O2. The Kier molecular flexibility index (Phi) is 5.10. The summed E-state index contributed by atoms with van der Waals surface area (Å²) in [5.74, 6) is 0.666. The number of benzene rings is 1. The Morgan fingerprint density at radius 2 is 1.84 bits per heavy atom. The summed E-state index contributed by atoms with van der Waals surface area (Å²) in [5, 5.41) is 4.12. The van der Waals surface area contributed by atoms with Crippen molar-refractivity contribution >= 4 is 11.6 Å². The highest BCUT2D eigenvalue weighted by molar-refractivity contribution is 5.88. The molecule has 0 atom stereocenters. The van der Waals surface area contributed by atoms with E-state index in [2.05, 4.69) is 31.3 Å². The fraction of sp³-hybridized carbons (Fsp3) is 0.467. The second-order valence-electron chi connectivity index (χ2n) is 5.51. The summed E-state index contributed by atoms with van der Waals surface area (Å²) >= 11 is 0. The Hall–Kier alpha value is -1.84. The molecule has 0 saturated carbocycles. The van der Waals surface area contributed by atoms with Gasteiger partial charge in [-0.05, 0) is 24.6 Å². The van der Waals surface area contributed by atoms with Gasteiger partial charge >= 0.3 is 0 Å². The minimum atomic E-state index is -0.117. The molecule has 1 aromatic carbocycles. The van der Waals surface area contributed by atoms with E-state index in [1.54, 1.807) is 7.11 Å². The van der Waals surface area contributed by atoms with E-state index in [9.17, 15) is 4.79 Å². The molecule has 0 aliphatic heterocycles. The average Bonchev–Trinajstić information content (AvgIpc) is 2.35. The standard InChI is InChI=1S/C15H22N2O2/c1-11(15(2,3)4)16-17-14(18)10-12-6-8-13(19-5)9-7-12/h6-9H,10H2,1-5H3,(H,17,18)/b16-11+. The molecule has 1 aromatic rings. The van der Waals surface area contributed by atoms with Gasteiger partial charge in [0.1, 0.15) is 5.75 Å². The third kappa shape index (κ3) is 5.12. The zero-order chi connectivity index (χ0) is 14.5. The first-order valence-corrected chi connectivity index (χ1v) is 6.29. The van der Waals surface area contributed by atoms with Crippen LogP contribution in [0, 0.1) is 5.41 Å². The van der Waals surface area contributed by atoms with Crippen LogP contribution in [-0.4, -0.2) is 18.7 Å². The summed E-state index contributed by atoms with van der Waals surface area (Å²) in [7, 11) is 1.62. The molecule has 4 heteroatoms. The number of hydrogen-bond donors (Lipinski definition) is 1. The maximum atomic E-state index is 11.7. The van der Waals surface area contributed by atoms with Crippen molar-refractivity contribution in [3.63, 3.8) is 0 Å². The second-order valence-corrected chi connectivity index (χ2v) is 5.51. The van der Waals surface area contributed by atoms with Gasteiger partial charge in [-0.25, -0.2) is 5.43 Å². The van der Waals surface area contributed by atoms with Gasteiger partial charge in [-0.2, -0.15) is 5.10 Å². The van der Waals surface area contributed by atoms with Gasteiger partial charge in [-0.1, -0.05) is 32.9 Å². The molecule has 0 bridgehead atoms. The van der Waals surface area contributed by atoms with E-state index < -0.39 is 0 Å². The maximum absolute atomic E-state index is 11.7. The predicted octanol–water partition coefficient (Wildman–Crippen LogP) is 2.78. The molecule has 0 unspecified atom stereocenters. The molecule has 4 nitrogen and oxygen atoms in total. The summed E-state index contributed by atoms with van der Waals surface area (Å²) in [6.45, 7) is 8.08. The number of carbonyl (C=O) groups is 1. The van der Waals surface area contributed by atoms with Crippen molar-refractivity contribution < 1.29 is 9.53 Å².